The van der Waals surface area contributed by atoms with Crippen molar-refractivity contribution >= 4 is 22.5 Å². The van der Waals surface area contributed by atoms with Crippen molar-refractivity contribution in [1.29, 1.82) is 0 Å². The van der Waals surface area contributed by atoms with Crippen molar-refractivity contribution < 1.29 is 9.53 Å². The maximum Gasteiger partial charge on any atom is 0.260 e. The van der Waals surface area contributed by atoms with Gasteiger partial charge >= 0.3 is 0 Å². The molecule has 1 saturated heterocycles. The fourth-order valence-corrected chi connectivity index (χ4v) is 4.71. The molecule has 33 heavy (non-hydrogen) atoms. The van der Waals surface area contributed by atoms with E-state index in [9.17, 15) is 4.79 Å². The minimum Gasteiger partial charge on any atom is -0.496 e. The van der Waals surface area contributed by atoms with Crippen molar-refractivity contribution in [2.75, 3.05) is 25.5 Å². The van der Waals surface area contributed by atoms with Gasteiger partial charge in [-0.3, -0.25) is 9.69 Å². The molecular formula is C27H28N4O2. The van der Waals surface area contributed by atoms with Crippen LogP contribution in [-0.4, -0.2) is 40.8 Å². The number of hydrogen-bond donors (Lipinski definition) is 1. The Morgan fingerprint density at radius 1 is 1.00 bits per heavy atom. The van der Waals surface area contributed by atoms with Gasteiger partial charge in [0.1, 0.15) is 11.6 Å². The first-order valence-corrected chi connectivity index (χ1v) is 11.4. The average Bonchev–Trinajstić information content (AvgIpc) is 3.32. The fraction of sp³-hybridized carbons (Fsp3) is 0.259. The van der Waals surface area contributed by atoms with Crippen LogP contribution < -0.4 is 10.1 Å². The summed E-state index contributed by atoms with van der Waals surface area (Å²) in [6.45, 7) is 2.94. The zero-order chi connectivity index (χ0) is 22.6. The molecule has 0 aliphatic carbocycles. The Labute approximate surface area is 193 Å². The molecule has 0 radical (unpaired) electrons. The number of likely N-dealkylation sites (tertiary alicyclic amines) is 1. The van der Waals surface area contributed by atoms with Crippen molar-refractivity contribution in [2.45, 2.75) is 25.4 Å². The second kappa shape index (κ2) is 9.46. The van der Waals surface area contributed by atoms with E-state index < -0.39 is 0 Å². The van der Waals surface area contributed by atoms with Crippen LogP contribution in [0.25, 0.3) is 10.8 Å². The van der Waals surface area contributed by atoms with Gasteiger partial charge < -0.3 is 10.1 Å². The predicted octanol–water partition coefficient (Wildman–Crippen LogP) is 5.13. The number of rotatable bonds is 6. The van der Waals surface area contributed by atoms with Gasteiger partial charge in [-0.1, -0.05) is 54.6 Å². The molecule has 1 N–H and O–H groups in total. The number of anilines is 1. The number of carbonyl (C=O) groups excluding carboxylic acids is 1. The number of carbonyl (C=O) groups is 1. The molecule has 0 spiro atoms. The maximum absolute atomic E-state index is 12.8. The van der Waals surface area contributed by atoms with E-state index in [1.54, 1.807) is 25.4 Å². The van der Waals surface area contributed by atoms with Gasteiger partial charge in [0.15, 0.2) is 0 Å². The van der Waals surface area contributed by atoms with Crippen molar-refractivity contribution in [3.63, 3.8) is 0 Å². The summed E-state index contributed by atoms with van der Waals surface area (Å²) in [5.74, 6) is 1.09. The molecular weight excluding hydrogens is 412 g/mol. The summed E-state index contributed by atoms with van der Waals surface area (Å²) < 4.78 is 7.29. The average molecular weight is 441 g/mol. The van der Waals surface area contributed by atoms with Gasteiger partial charge in [-0.2, -0.15) is 5.10 Å². The molecule has 0 atom stereocenters. The van der Waals surface area contributed by atoms with E-state index in [0.717, 1.165) is 38.3 Å². The van der Waals surface area contributed by atoms with Gasteiger partial charge in [0.05, 0.1) is 24.9 Å². The molecule has 3 aromatic carbocycles. The number of benzene rings is 3. The summed E-state index contributed by atoms with van der Waals surface area (Å²) >= 11 is 0. The van der Waals surface area contributed by atoms with Crippen LogP contribution in [0, 0.1) is 0 Å². The minimum atomic E-state index is -0.192. The molecule has 0 saturated carbocycles. The molecule has 1 aromatic heterocycles. The van der Waals surface area contributed by atoms with E-state index in [4.69, 9.17) is 4.74 Å². The molecule has 0 unspecified atom stereocenters. The molecule has 168 valence electrons. The van der Waals surface area contributed by atoms with Crippen LogP contribution in [0.3, 0.4) is 0 Å². The molecule has 0 bridgehead atoms. The molecule has 4 aromatic rings. The van der Waals surface area contributed by atoms with Crippen LogP contribution in [0.15, 0.2) is 79.0 Å². The molecule has 6 nitrogen and oxygen atoms in total. The summed E-state index contributed by atoms with van der Waals surface area (Å²) in [7, 11) is 1.57. The predicted molar refractivity (Wildman–Crippen MR) is 131 cm³/mol. The summed E-state index contributed by atoms with van der Waals surface area (Å²) in [5.41, 5.74) is 1.88. The third kappa shape index (κ3) is 4.47. The van der Waals surface area contributed by atoms with Crippen LogP contribution in [0.1, 0.15) is 34.8 Å². The zero-order valence-corrected chi connectivity index (χ0v) is 18.8. The lowest BCUT2D eigenvalue weighted by atomic mass is 10.0. The lowest BCUT2D eigenvalue weighted by molar-refractivity contribution is 0.102. The highest BCUT2D eigenvalue weighted by molar-refractivity contribution is 6.05. The SMILES string of the molecule is COc1ccccc1C(=O)Nc1ccnn1C1CCN(Cc2cccc3ccccc23)CC1. The lowest BCUT2D eigenvalue weighted by Gasteiger charge is -2.33. The van der Waals surface area contributed by atoms with Gasteiger partial charge in [0.2, 0.25) is 0 Å². The third-order valence-electron chi connectivity index (χ3n) is 6.44. The number of piperidine rings is 1. The minimum absolute atomic E-state index is 0.192. The van der Waals surface area contributed by atoms with Crippen LogP contribution in [0.4, 0.5) is 5.82 Å². The van der Waals surface area contributed by atoms with Crippen LogP contribution in [-0.2, 0) is 6.54 Å². The maximum atomic E-state index is 12.8. The Morgan fingerprint density at radius 2 is 1.76 bits per heavy atom. The van der Waals surface area contributed by atoms with E-state index in [2.05, 4.69) is 57.8 Å². The first-order valence-electron chi connectivity index (χ1n) is 11.4. The van der Waals surface area contributed by atoms with E-state index in [1.807, 2.05) is 22.9 Å². The van der Waals surface area contributed by atoms with E-state index in [-0.39, 0.29) is 11.9 Å². The molecule has 1 aliphatic rings. The highest BCUT2D eigenvalue weighted by Crippen LogP contribution is 2.28. The van der Waals surface area contributed by atoms with Crippen molar-refractivity contribution in [1.82, 2.24) is 14.7 Å². The zero-order valence-electron chi connectivity index (χ0n) is 18.8. The Kier molecular flexibility index (Phi) is 6.09. The number of nitrogens with zero attached hydrogens (tertiary/aromatic N) is 3. The molecule has 5 rings (SSSR count). The van der Waals surface area contributed by atoms with Crippen molar-refractivity contribution in [3.05, 3.63) is 90.1 Å². The standard InChI is InChI=1S/C27H28N4O2/c1-33-25-12-5-4-11-24(25)27(32)29-26-13-16-28-31(26)22-14-17-30(18-15-22)19-21-9-6-8-20-7-2-3-10-23(20)21/h2-13,16,22H,14-15,17-19H2,1H3,(H,29,32). The highest BCUT2D eigenvalue weighted by atomic mass is 16.5. The quantitative estimate of drug-likeness (QED) is 0.451. The summed E-state index contributed by atoms with van der Waals surface area (Å²) in [6, 6.07) is 24.5. The number of ether oxygens (including phenoxy) is 1. The Balaban J connectivity index is 1.24. The molecule has 2 heterocycles. The first kappa shape index (κ1) is 21.2. The van der Waals surface area contributed by atoms with Crippen LogP contribution in [0.2, 0.25) is 0 Å². The Bertz CT molecular complexity index is 1250. The summed E-state index contributed by atoms with van der Waals surface area (Å²) in [4.78, 5) is 15.4. The van der Waals surface area contributed by atoms with Gasteiger partial charge in [0, 0.05) is 25.7 Å². The monoisotopic (exact) mass is 440 g/mol. The van der Waals surface area contributed by atoms with E-state index in [1.165, 1.54) is 16.3 Å². The van der Waals surface area contributed by atoms with Crippen LogP contribution >= 0.6 is 0 Å². The molecule has 6 heteroatoms. The van der Waals surface area contributed by atoms with Gasteiger partial charge in [-0.25, -0.2) is 4.68 Å². The lowest BCUT2D eigenvalue weighted by Crippen LogP contribution is -2.35. The number of fused-ring (bicyclic) bond motifs is 1. The Hall–Kier alpha value is -3.64. The number of nitrogens with one attached hydrogen (secondary N) is 1. The Morgan fingerprint density at radius 3 is 2.61 bits per heavy atom. The second-order valence-electron chi connectivity index (χ2n) is 8.46. The van der Waals surface area contributed by atoms with E-state index >= 15 is 0 Å². The smallest absolute Gasteiger partial charge is 0.260 e. The number of amides is 1. The number of aromatic nitrogens is 2. The molecule has 1 fully saturated rings. The van der Waals surface area contributed by atoms with Gasteiger partial charge in [0.25, 0.3) is 5.91 Å². The van der Waals surface area contributed by atoms with E-state index in [0.29, 0.717) is 11.3 Å². The van der Waals surface area contributed by atoms with Crippen LogP contribution in [0.5, 0.6) is 5.75 Å². The molecule has 1 amide bonds. The highest BCUT2D eigenvalue weighted by Gasteiger charge is 2.24. The summed E-state index contributed by atoms with van der Waals surface area (Å²) in [5, 5.41) is 10.2. The summed E-state index contributed by atoms with van der Waals surface area (Å²) in [6.07, 6.45) is 3.73. The molecule has 1 aliphatic heterocycles. The topological polar surface area (TPSA) is 59.4 Å². The number of methoxy groups -OCH3 is 1. The van der Waals surface area contributed by atoms with Gasteiger partial charge in [-0.05, 0) is 41.3 Å². The second-order valence-corrected chi connectivity index (χ2v) is 8.46. The van der Waals surface area contributed by atoms with Gasteiger partial charge in [-0.15, -0.1) is 0 Å². The largest absolute Gasteiger partial charge is 0.496 e. The normalized spacial score (nSPS) is 14.9. The van der Waals surface area contributed by atoms with Crippen molar-refractivity contribution in [2.24, 2.45) is 0 Å². The number of para-hydroxylation sites is 1. The first-order chi connectivity index (χ1) is 16.2. The number of hydrogen-bond acceptors (Lipinski definition) is 4. The fourth-order valence-electron chi connectivity index (χ4n) is 4.71. The van der Waals surface area contributed by atoms with Crippen molar-refractivity contribution in [3.8, 4) is 5.75 Å². The third-order valence-corrected chi connectivity index (χ3v) is 6.44.